The van der Waals surface area contributed by atoms with E-state index in [0.29, 0.717) is 47.9 Å². The number of hydrogen-bond donors (Lipinski definition) is 2. The maximum absolute atomic E-state index is 13.9. The number of rotatable bonds is 3. The molecule has 3 amide bonds. The van der Waals surface area contributed by atoms with Crippen LogP contribution in [-0.4, -0.2) is 74.7 Å². The van der Waals surface area contributed by atoms with Crippen molar-refractivity contribution in [2.45, 2.75) is 25.1 Å². The van der Waals surface area contributed by atoms with Gasteiger partial charge in [0, 0.05) is 37.2 Å². The van der Waals surface area contributed by atoms with Crippen LogP contribution < -0.4 is 24.8 Å². The summed E-state index contributed by atoms with van der Waals surface area (Å²) >= 11 is 0. The van der Waals surface area contributed by atoms with Gasteiger partial charge in [-0.1, -0.05) is 36.4 Å². The van der Waals surface area contributed by atoms with Crippen LogP contribution in [0.3, 0.4) is 0 Å². The molecule has 246 valence electrons. The van der Waals surface area contributed by atoms with Crippen molar-refractivity contribution in [3.8, 4) is 28.4 Å². The van der Waals surface area contributed by atoms with E-state index in [1.807, 2.05) is 18.2 Å². The Hall–Kier alpha value is -5.84. The molecule has 0 aromatic heterocycles. The van der Waals surface area contributed by atoms with Crippen molar-refractivity contribution < 1.29 is 38.1 Å². The lowest BCUT2D eigenvalue weighted by molar-refractivity contribution is -0.123. The van der Waals surface area contributed by atoms with Crippen molar-refractivity contribution in [2.75, 3.05) is 33.9 Å². The molecule has 7 rings (SSSR count). The predicted octanol–water partition coefficient (Wildman–Crippen LogP) is 4.25. The van der Waals surface area contributed by atoms with Crippen LogP contribution in [-0.2, 0) is 16.1 Å². The lowest BCUT2D eigenvalue weighted by atomic mass is 9.98. The quantitative estimate of drug-likeness (QED) is 0.315. The van der Waals surface area contributed by atoms with Crippen LogP contribution in [0, 0.1) is 0 Å². The fraction of sp³-hybridized carbons (Fsp3) is 0.243. The molecule has 3 aliphatic heterocycles. The van der Waals surface area contributed by atoms with E-state index in [2.05, 4.69) is 10.6 Å². The van der Waals surface area contributed by atoms with Gasteiger partial charge in [0.1, 0.15) is 23.4 Å². The van der Waals surface area contributed by atoms with Gasteiger partial charge >= 0.3 is 5.97 Å². The number of hydrogen-bond acceptors (Lipinski definition) is 8. The van der Waals surface area contributed by atoms with Crippen LogP contribution in [0.1, 0.15) is 43.1 Å². The van der Waals surface area contributed by atoms with E-state index < -0.39 is 18.1 Å². The van der Waals surface area contributed by atoms with E-state index in [9.17, 15) is 19.2 Å². The van der Waals surface area contributed by atoms with Crippen molar-refractivity contribution in [1.82, 2.24) is 15.5 Å². The fourth-order valence-electron chi connectivity index (χ4n) is 5.86. The van der Waals surface area contributed by atoms with Crippen molar-refractivity contribution in [1.29, 1.82) is 0 Å². The van der Waals surface area contributed by atoms with E-state index >= 15 is 0 Å². The molecule has 1 saturated heterocycles. The predicted molar refractivity (Wildman–Crippen MR) is 176 cm³/mol. The van der Waals surface area contributed by atoms with Gasteiger partial charge < -0.3 is 34.5 Å². The SMILES string of the molecule is COC(=O)c1ccccc1C(=O)N1CC[C@H]2Oc3ccc(cc3)CNC(=O)COc3cccc(c3)-c3cc(ccc3OC)C(=O)N[C@@H]2C1. The van der Waals surface area contributed by atoms with Gasteiger partial charge in [-0.3, -0.25) is 14.4 Å². The van der Waals surface area contributed by atoms with Crippen LogP contribution >= 0.6 is 0 Å². The molecule has 0 spiro atoms. The van der Waals surface area contributed by atoms with E-state index in [-0.39, 0.29) is 42.0 Å². The van der Waals surface area contributed by atoms with Crippen molar-refractivity contribution in [3.05, 3.63) is 113 Å². The number of amides is 3. The standard InChI is InChI=1S/C37H35N3O8/c1-45-32-15-12-25-19-30(32)24-6-5-7-27(18-24)47-22-34(41)38-20-23-10-13-26(14-11-23)48-33-16-17-40(21-31(33)39-35(25)42)36(43)28-8-3-4-9-29(28)37(44)46-2/h3-15,18-19,31,33H,16-17,20-22H2,1-2H3,(H,38,41)(H,39,42)/t31-,33-/m1/s1. The summed E-state index contributed by atoms with van der Waals surface area (Å²) in [6, 6.07) is 25.5. The number of fused-ring (bicyclic) bond motifs is 7. The Balaban J connectivity index is 1.34. The molecular weight excluding hydrogens is 614 g/mol. The third kappa shape index (κ3) is 7.10. The Morgan fingerprint density at radius 1 is 0.854 bits per heavy atom. The smallest absolute Gasteiger partial charge is 0.338 e. The number of methoxy groups -OCH3 is 2. The van der Waals surface area contributed by atoms with Gasteiger partial charge in [-0.15, -0.1) is 0 Å². The molecule has 0 aliphatic carbocycles. The summed E-state index contributed by atoms with van der Waals surface area (Å²) in [7, 11) is 2.82. The second-order valence-corrected chi connectivity index (χ2v) is 11.5. The monoisotopic (exact) mass is 649 g/mol. The first-order chi connectivity index (χ1) is 23.3. The van der Waals surface area contributed by atoms with Gasteiger partial charge in [-0.2, -0.15) is 0 Å². The van der Waals surface area contributed by atoms with E-state index in [4.69, 9.17) is 18.9 Å². The van der Waals surface area contributed by atoms with E-state index in [1.54, 1.807) is 84.8 Å². The summed E-state index contributed by atoms with van der Waals surface area (Å²) in [5, 5.41) is 5.98. The molecule has 2 N–H and O–H groups in total. The topological polar surface area (TPSA) is 132 Å². The number of nitrogens with one attached hydrogen (secondary N) is 2. The fourth-order valence-corrected chi connectivity index (χ4v) is 5.86. The van der Waals surface area contributed by atoms with Crippen LogP contribution in [0.2, 0.25) is 0 Å². The summed E-state index contributed by atoms with van der Waals surface area (Å²) in [5.41, 5.74) is 3.01. The molecule has 1 fully saturated rings. The number of esters is 1. The highest BCUT2D eigenvalue weighted by Crippen LogP contribution is 2.33. The molecule has 3 aliphatic rings. The molecule has 2 atom stereocenters. The molecule has 11 nitrogen and oxygen atoms in total. The number of nitrogens with zero attached hydrogens (tertiary/aromatic N) is 1. The average Bonchev–Trinajstić information content (AvgIpc) is 3.13. The van der Waals surface area contributed by atoms with Gasteiger partial charge in [0.05, 0.1) is 31.4 Å². The van der Waals surface area contributed by atoms with Crippen molar-refractivity contribution >= 4 is 23.7 Å². The van der Waals surface area contributed by atoms with Gasteiger partial charge in [-0.25, -0.2) is 4.79 Å². The molecule has 0 radical (unpaired) electrons. The van der Waals surface area contributed by atoms with Crippen LogP contribution in [0.4, 0.5) is 0 Å². The highest BCUT2D eigenvalue weighted by Gasteiger charge is 2.36. The molecule has 0 unspecified atom stereocenters. The molecule has 48 heavy (non-hydrogen) atoms. The third-order valence-corrected chi connectivity index (χ3v) is 8.39. The average molecular weight is 650 g/mol. The summed E-state index contributed by atoms with van der Waals surface area (Å²) in [6.45, 7) is 0.609. The third-order valence-electron chi connectivity index (χ3n) is 8.39. The number of carbonyl (C=O) groups is 4. The molecule has 11 heteroatoms. The largest absolute Gasteiger partial charge is 0.496 e. The Bertz CT molecular complexity index is 1840. The number of benzene rings is 4. The number of ether oxygens (including phenoxy) is 4. The lowest BCUT2D eigenvalue weighted by Crippen LogP contribution is -2.58. The van der Waals surface area contributed by atoms with Gasteiger partial charge in [0.15, 0.2) is 6.61 Å². The lowest BCUT2D eigenvalue weighted by Gasteiger charge is -2.39. The highest BCUT2D eigenvalue weighted by molar-refractivity contribution is 6.05. The first-order valence-electron chi connectivity index (χ1n) is 15.5. The molecule has 4 aromatic carbocycles. The van der Waals surface area contributed by atoms with Crippen LogP contribution in [0.25, 0.3) is 11.1 Å². The minimum Gasteiger partial charge on any atom is -0.496 e. The van der Waals surface area contributed by atoms with Gasteiger partial charge in [0.2, 0.25) is 0 Å². The summed E-state index contributed by atoms with van der Waals surface area (Å²) in [5.74, 6) is 0.0119. The first-order valence-corrected chi connectivity index (χ1v) is 15.5. The Morgan fingerprint density at radius 3 is 2.42 bits per heavy atom. The maximum atomic E-state index is 13.9. The minimum atomic E-state index is -0.608. The summed E-state index contributed by atoms with van der Waals surface area (Å²) in [4.78, 5) is 54.2. The van der Waals surface area contributed by atoms with E-state index in [0.717, 1.165) is 11.1 Å². The van der Waals surface area contributed by atoms with Gasteiger partial charge in [-0.05, 0) is 65.7 Å². The molecular formula is C37H35N3O8. The normalized spacial score (nSPS) is 17.8. The Morgan fingerprint density at radius 2 is 1.65 bits per heavy atom. The Labute approximate surface area is 277 Å². The van der Waals surface area contributed by atoms with Gasteiger partial charge in [0.25, 0.3) is 17.7 Å². The van der Waals surface area contributed by atoms with Crippen LogP contribution in [0.5, 0.6) is 17.2 Å². The minimum absolute atomic E-state index is 0.136. The zero-order valence-electron chi connectivity index (χ0n) is 26.6. The number of piperidine rings is 1. The number of carbonyl (C=O) groups excluding carboxylic acids is 4. The zero-order valence-corrected chi connectivity index (χ0v) is 26.6. The maximum Gasteiger partial charge on any atom is 0.338 e. The molecule has 4 aromatic rings. The second kappa shape index (κ2) is 14.3. The zero-order chi connectivity index (χ0) is 33.6. The summed E-state index contributed by atoms with van der Waals surface area (Å²) < 4.78 is 22.7. The van der Waals surface area contributed by atoms with Crippen LogP contribution in [0.15, 0.2) is 91.0 Å². The molecule has 6 bridgehead atoms. The summed E-state index contributed by atoms with van der Waals surface area (Å²) in [6.07, 6.45) is -0.0632. The number of likely N-dealkylation sites (tertiary alicyclic amines) is 1. The molecule has 3 heterocycles. The van der Waals surface area contributed by atoms with E-state index in [1.165, 1.54) is 7.11 Å². The van der Waals surface area contributed by atoms with Crippen molar-refractivity contribution in [2.24, 2.45) is 0 Å². The molecule has 0 saturated carbocycles. The Kier molecular flexibility index (Phi) is 9.56. The van der Waals surface area contributed by atoms with Crippen molar-refractivity contribution in [3.63, 3.8) is 0 Å². The second-order valence-electron chi connectivity index (χ2n) is 11.5. The highest BCUT2D eigenvalue weighted by atomic mass is 16.5. The first kappa shape index (κ1) is 32.1.